The van der Waals surface area contributed by atoms with Gasteiger partial charge < -0.3 is 14.6 Å². The number of ether oxygens (including phenoxy) is 1. The third-order valence-electron chi connectivity index (χ3n) is 5.65. The quantitative estimate of drug-likeness (QED) is 0.498. The Balaban J connectivity index is 1.40. The van der Waals surface area contributed by atoms with Crippen LogP contribution in [-0.4, -0.2) is 46.7 Å². The zero-order valence-corrected chi connectivity index (χ0v) is 17.1. The fourth-order valence-corrected chi connectivity index (χ4v) is 3.95. The molecule has 1 aliphatic rings. The number of rotatable bonds is 5. The molecule has 1 aliphatic heterocycles. The molecule has 2 aromatic carbocycles. The van der Waals surface area contributed by atoms with Gasteiger partial charge >= 0.3 is 5.97 Å². The number of para-hydroxylation sites is 1. The monoisotopic (exact) mass is 422 g/mol. The summed E-state index contributed by atoms with van der Waals surface area (Å²) in [6.07, 6.45) is 1.92. The van der Waals surface area contributed by atoms with Crippen LogP contribution in [-0.2, 0) is 9.53 Å². The summed E-state index contributed by atoms with van der Waals surface area (Å²) in [5.74, 6) is -1.93. The molecule has 0 bridgehead atoms. The molecule has 1 fully saturated rings. The summed E-state index contributed by atoms with van der Waals surface area (Å²) >= 11 is 0. The zero-order valence-electron chi connectivity index (χ0n) is 17.1. The highest BCUT2D eigenvalue weighted by Crippen LogP contribution is 2.23. The van der Waals surface area contributed by atoms with E-state index in [2.05, 4.69) is 4.98 Å². The number of carbonyl (C=O) groups is 3. The fraction of sp³-hybridized carbons (Fsp3) is 0.292. The minimum atomic E-state index is -0.935. The summed E-state index contributed by atoms with van der Waals surface area (Å²) in [7, 11) is 0. The van der Waals surface area contributed by atoms with Crippen LogP contribution in [0.2, 0.25) is 0 Å². The Morgan fingerprint density at radius 3 is 2.65 bits per heavy atom. The number of nitrogens with one attached hydrogen (secondary N) is 1. The van der Waals surface area contributed by atoms with Crippen molar-refractivity contribution in [3.05, 3.63) is 71.7 Å². The van der Waals surface area contributed by atoms with Gasteiger partial charge in [-0.25, -0.2) is 4.39 Å². The molecular weight excluding hydrogens is 399 g/mol. The number of esters is 1. The maximum Gasteiger partial charge on any atom is 0.311 e. The van der Waals surface area contributed by atoms with E-state index in [0.29, 0.717) is 30.5 Å². The SMILES string of the molecule is C[C@H](OC(=O)[C@@H]1CCCN(C(=O)c2ccc(F)cc2)C1)C(=O)c1c[nH]c2ccccc12. The second kappa shape index (κ2) is 8.71. The summed E-state index contributed by atoms with van der Waals surface area (Å²) < 4.78 is 18.6. The Morgan fingerprint density at radius 2 is 1.87 bits per heavy atom. The normalized spacial score (nSPS) is 17.4. The van der Waals surface area contributed by atoms with Gasteiger partial charge in [-0.2, -0.15) is 0 Å². The molecule has 7 heteroatoms. The summed E-state index contributed by atoms with van der Waals surface area (Å²) in [4.78, 5) is 42.9. The van der Waals surface area contributed by atoms with Crippen molar-refractivity contribution in [2.45, 2.75) is 25.9 Å². The second-order valence-electron chi connectivity index (χ2n) is 7.79. The lowest BCUT2D eigenvalue weighted by molar-refractivity contribution is -0.152. The van der Waals surface area contributed by atoms with E-state index in [1.807, 2.05) is 24.3 Å². The first-order chi connectivity index (χ1) is 14.9. The first-order valence-corrected chi connectivity index (χ1v) is 10.3. The Labute approximate surface area is 179 Å². The number of amides is 1. The lowest BCUT2D eigenvalue weighted by Gasteiger charge is -2.32. The molecule has 160 valence electrons. The highest BCUT2D eigenvalue weighted by atomic mass is 19.1. The molecule has 0 spiro atoms. The van der Waals surface area contributed by atoms with Crippen molar-refractivity contribution in [2.24, 2.45) is 5.92 Å². The average molecular weight is 422 g/mol. The van der Waals surface area contributed by atoms with Crippen molar-refractivity contribution in [3.8, 4) is 0 Å². The topological polar surface area (TPSA) is 79.5 Å². The van der Waals surface area contributed by atoms with Crippen LogP contribution in [0.5, 0.6) is 0 Å². The van der Waals surface area contributed by atoms with E-state index in [-0.39, 0.29) is 18.2 Å². The largest absolute Gasteiger partial charge is 0.454 e. The van der Waals surface area contributed by atoms with Crippen LogP contribution in [0.15, 0.2) is 54.7 Å². The lowest BCUT2D eigenvalue weighted by Crippen LogP contribution is -2.43. The highest BCUT2D eigenvalue weighted by molar-refractivity contribution is 6.10. The van der Waals surface area contributed by atoms with E-state index in [1.54, 1.807) is 18.0 Å². The number of fused-ring (bicyclic) bond motifs is 1. The van der Waals surface area contributed by atoms with Crippen LogP contribution in [0.4, 0.5) is 4.39 Å². The predicted octanol–water partition coefficient (Wildman–Crippen LogP) is 3.97. The maximum atomic E-state index is 13.1. The van der Waals surface area contributed by atoms with Gasteiger partial charge in [-0.1, -0.05) is 18.2 Å². The van der Waals surface area contributed by atoms with Crippen LogP contribution < -0.4 is 0 Å². The van der Waals surface area contributed by atoms with Crippen molar-refractivity contribution in [2.75, 3.05) is 13.1 Å². The van der Waals surface area contributed by atoms with Gasteiger partial charge in [0.1, 0.15) is 5.82 Å². The predicted molar refractivity (Wildman–Crippen MR) is 113 cm³/mol. The number of benzene rings is 2. The molecule has 1 N–H and O–H groups in total. The van der Waals surface area contributed by atoms with Gasteiger partial charge in [-0.05, 0) is 50.1 Å². The summed E-state index contributed by atoms with van der Waals surface area (Å²) in [5, 5.41) is 0.782. The van der Waals surface area contributed by atoms with Crippen molar-refractivity contribution in [1.82, 2.24) is 9.88 Å². The summed E-state index contributed by atoms with van der Waals surface area (Å²) in [6, 6.07) is 12.8. The molecule has 6 nitrogen and oxygen atoms in total. The number of hydrogen-bond donors (Lipinski definition) is 1. The van der Waals surface area contributed by atoms with Gasteiger partial charge in [0.05, 0.1) is 5.92 Å². The Hall–Kier alpha value is -3.48. The van der Waals surface area contributed by atoms with Crippen molar-refractivity contribution in [1.29, 1.82) is 0 Å². The first-order valence-electron chi connectivity index (χ1n) is 10.3. The van der Waals surface area contributed by atoms with Crippen molar-refractivity contribution in [3.63, 3.8) is 0 Å². The third-order valence-corrected chi connectivity index (χ3v) is 5.65. The van der Waals surface area contributed by atoms with Crippen molar-refractivity contribution < 1.29 is 23.5 Å². The molecule has 1 amide bonds. The number of aromatic nitrogens is 1. The van der Waals surface area contributed by atoms with Crippen molar-refractivity contribution >= 4 is 28.6 Å². The molecule has 0 unspecified atom stereocenters. The smallest absolute Gasteiger partial charge is 0.311 e. The van der Waals surface area contributed by atoms with Crippen LogP contribution in [0.25, 0.3) is 10.9 Å². The maximum absolute atomic E-state index is 13.1. The Kier molecular flexibility index (Phi) is 5.84. The second-order valence-corrected chi connectivity index (χ2v) is 7.79. The number of carbonyl (C=O) groups excluding carboxylic acids is 3. The van der Waals surface area contributed by atoms with Crippen LogP contribution in [0.3, 0.4) is 0 Å². The van der Waals surface area contributed by atoms with Gasteiger partial charge in [0, 0.05) is 41.3 Å². The van der Waals surface area contributed by atoms with Gasteiger partial charge in [-0.15, -0.1) is 0 Å². The number of nitrogens with zero attached hydrogens (tertiary/aromatic N) is 1. The Morgan fingerprint density at radius 1 is 1.13 bits per heavy atom. The number of halogens is 1. The molecule has 1 saturated heterocycles. The van der Waals surface area contributed by atoms with Gasteiger partial charge in [0.2, 0.25) is 5.78 Å². The number of Topliss-reactive ketones (excluding diaryl/α,β-unsaturated/α-hetero) is 1. The minimum absolute atomic E-state index is 0.211. The highest BCUT2D eigenvalue weighted by Gasteiger charge is 2.32. The summed E-state index contributed by atoms with van der Waals surface area (Å²) in [6.45, 7) is 2.29. The number of hydrogen-bond acceptors (Lipinski definition) is 4. The molecular formula is C24H23FN2O4. The van der Waals surface area contributed by atoms with E-state index >= 15 is 0 Å². The average Bonchev–Trinajstić information content (AvgIpc) is 3.22. The van der Waals surface area contributed by atoms with E-state index in [1.165, 1.54) is 24.3 Å². The van der Waals surface area contributed by atoms with Gasteiger partial charge in [0.15, 0.2) is 6.10 Å². The number of H-pyrrole nitrogens is 1. The lowest BCUT2D eigenvalue weighted by atomic mass is 9.97. The van der Waals surface area contributed by atoms with E-state index in [4.69, 9.17) is 4.74 Å². The zero-order chi connectivity index (χ0) is 22.0. The number of likely N-dealkylation sites (tertiary alicyclic amines) is 1. The van der Waals surface area contributed by atoms with Crippen LogP contribution in [0.1, 0.15) is 40.5 Å². The molecule has 3 aromatic rings. The van der Waals surface area contributed by atoms with E-state index in [0.717, 1.165) is 10.9 Å². The van der Waals surface area contributed by atoms with Crippen LogP contribution >= 0.6 is 0 Å². The van der Waals surface area contributed by atoms with E-state index in [9.17, 15) is 18.8 Å². The molecule has 2 heterocycles. The first kappa shape index (κ1) is 20.8. The number of piperidine rings is 1. The summed E-state index contributed by atoms with van der Waals surface area (Å²) in [5.41, 5.74) is 1.69. The molecule has 0 aliphatic carbocycles. The van der Waals surface area contributed by atoms with Gasteiger partial charge in [-0.3, -0.25) is 14.4 Å². The molecule has 0 radical (unpaired) electrons. The standard InChI is InChI=1S/C24H23FN2O4/c1-15(22(28)20-13-26-21-7-3-2-6-19(20)21)31-24(30)17-5-4-12-27(14-17)23(29)16-8-10-18(25)11-9-16/h2-3,6-11,13,15,17,26H,4-5,12,14H2,1H3/t15-,17+/m0/s1. The molecule has 31 heavy (non-hydrogen) atoms. The Bertz CT molecular complexity index is 1120. The van der Waals surface area contributed by atoms with Gasteiger partial charge in [0.25, 0.3) is 5.91 Å². The molecule has 4 rings (SSSR count). The van der Waals surface area contributed by atoms with E-state index < -0.39 is 23.8 Å². The third kappa shape index (κ3) is 4.35. The molecule has 1 aromatic heterocycles. The minimum Gasteiger partial charge on any atom is -0.454 e. The number of aromatic amines is 1. The molecule has 2 atom stereocenters. The van der Waals surface area contributed by atoms with Crippen LogP contribution in [0, 0.1) is 11.7 Å². The number of ketones is 1. The molecule has 0 saturated carbocycles. The fourth-order valence-electron chi connectivity index (χ4n) is 3.95.